The van der Waals surface area contributed by atoms with Crippen molar-refractivity contribution >= 4 is 50.8 Å². The van der Waals surface area contributed by atoms with Crippen LogP contribution in [-0.2, 0) is 10.8 Å². The van der Waals surface area contributed by atoms with Crippen molar-refractivity contribution in [2.24, 2.45) is 4.99 Å². The number of benzene rings is 6. The minimum Gasteiger partial charge on any atom is -0.339 e. The summed E-state index contributed by atoms with van der Waals surface area (Å²) in [5.74, 6) is 1.09. The molecule has 0 radical (unpaired) electrons. The molecule has 278 valence electrons. The van der Waals surface area contributed by atoms with E-state index in [9.17, 15) is 0 Å². The molecule has 1 N–H and O–H groups in total. The van der Waals surface area contributed by atoms with Gasteiger partial charge in [-0.05, 0) is 97.8 Å². The number of hydrogen-bond acceptors (Lipinski definition) is 4. The monoisotopic (exact) mass is 780 g/mol. The SMILES string of the molecule is CC1(c2cccc(-c3cc(C4=NC5C(=C(c6ccccc6)N4)Sc4ccccc45)c4c(c3)C3C=CC=CC3(C)c3ccccc3-4)c2)CC=Cc2sc3ccccc3c21. The molecular formula is C54H40N2S2. The van der Waals surface area contributed by atoms with E-state index in [-0.39, 0.29) is 22.8 Å². The van der Waals surface area contributed by atoms with Crippen molar-refractivity contribution < 1.29 is 0 Å². The van der Waals surface area contributed by atoms with E-state index < -0.39 is 0 Å². The Labute approximate surface area is 348 Å². The van der Waals surface area contributed by atoms with Gasteiger partial charge >= 0.3 is 0 Å². The van der Waals surface area contributed by atoms with Gasteiger partial charge in [-0.3, -0.25) is 4.99 Å². The summed E-state index contributed by atoms with van der Waals surface area (Å²) in [7, 11) is 0. The van der Waals surface area contributed by atoms with Crippen LogP contribution in [0.2, 0.25) is 0 Å². The Kier molecular flexibility index (Phi) is 7.52. The lowest BCUT2D eigenvalue weighted by Crippen LogP contribution is -2.35. The number of allylic oxidation sites excluding steroid dienone is 5. The normalized spacial score (nSPS) is 23.3. The Morgan fingerprint density at radius 3 is 2.45 bits per heavy atom. The molecule has 4 heteroatoms. The van der Waals surface area contributed by atoms with Crippen LogP contribution in [0.5, 0.6) is 0 Å². The van der Waals surface area contributed by atoms with Gasteiger partial charge in [0, 0.05) is 41.7 Å². The molecule has 0 spiro atoms. The second-order valence-electron chi connectivity index (χ2n) is 16.6. The summed E-state index contributed by atoms with van der Waals surface area (Å²) in [6.07, 6.45) is 15.0. The van der Waals surface area contributed by atoms with Crippen molar-refractivity contribution in [1.29, 1.82) is 0 Å². The van der Waals surface area contributed by atoms with Crippen LogP contribution in [0.1, 0.15) is 76.0 Å². The molecular weight excluding hydrogens is 741 g/mol. The van der Waals surface area contributed by atoms with Crippen LogP contribution in [0, 0.1) is 0 Å². The maximum atomic E-state index is 5.71. The van der Waals surface area contributed by atoms with Crippen molar-refractivity contribution in [2.75, 3.05) is 0 Å². The van der Waals surface area contributed by atoms with Crippen molar-refractivity contribution in [3.8, 4) is 22.3 Å². The predicted octanol–water partition coefficient (Wildman–Crippen LogP) is 14.0. The number of thioether (sulfide) groups is 1. The molecule has 1 aromatic heterocycles. The highest BCUT2D eigenvalue weighted by atomic mass is 32.2. The fourth-order valence-electron chi connectivity index (χ4n) is 10.4. The lowest BCUT2D eigenvalue weighted by molar-refractivity contribution is 0.519. The zero-order chi connectivity index (χ0) is 38.6. The number of aliphatic imine (C=N–C) groups is 1. The molecule has 3 aliphatic carbocycles. The van der Waals surface area contributed by atoms with E-state index in [1.165, 1.54) is 80.4 Å². The number of rotatable bonds is 4. The minimum atomic E-state index is -0.181. The quantitative estimate of drug-likeness (QED) is 0.192. The molecule has 0 fully saturated rings. The summed E-state index contributed by atoms with van der Waals surface area (Å²) >= 11 is 3.76. The van der Waals surface area contributed by atoms with Gasteiger partial charge in [0.25, 0.3) is 0 Å². The molecule has 4 unspecified atom stereocenters. The first kappa shape index (κ1) is 34.1. The molecule has 3 heterocycles. The molecule has 0 saturated carbocycles. The predicted molar refractivity (Wildman–Crippen MR) is 246 cm³/mol. The first-order valence-electron chi connectivity index (χ1n) is 20.3. The Morgan fingerprint density at radius 1 is 0.707 bits per heavy atom. The highest BCUT2D eigenvalue weighted by molar-refractivity contribution is 8.03. The molecule has 0 amide bonds. The van der Waals surface area contributed by atoms with Crippen LogP contribution in [0.3, 0.4) is 0 Å². The van der Waals surface area contributed by atoms with Gasteiger partial charge in [0.1, 0.15) is 11.9 Å². The summed E-state index contributed by atoms with van der Waals surface area (Å²) in [5, 5.41) is 5.37. The van der Waals surface area contributed by atoms with Gasteiger partial charge in [-0.2, -0.15) is 0 Å². The highest BCUT2D eigenvalue weighted by Crippen LogP contribution is 2.57. The van der Waals surface area contributed by atoms with Gasteiger partial charge < -0.3 is 5.32 Å². The third-order valence-corrected chi connectivity index (χ3v) is 15.7. The van der Waals surface area contributed by atoms with Crippen LogP contribution >= 0.6 is 23.1 Å². The molecule has 12 rings (SSSR count). The second kappa shape index (κ2) is 12.8. The summed E-state index contributed by atoms with van der Waals surface area (Å²) < 4.78 is 1.36. The standard InChI is InChI=1S/C54H40N2S2/c1-53(29-15-27-46-48(53)38-21-7-10-25-44(38)57-46)36-19-14-18-34(30-36)35-31-40-43-24-12-13-28-54(43,2)42-23-9-6-20-37(42)47(40)41(32-35)52-55-49(33-16-4-3-5-17-33)51-50(56-52)39-22-8-11-26-45(39)58-51/h3-28,30-32,43,50H,29H2,1-2H3,(H,55,56). The van der Waals surface area contributed by atoms with Crippen LogP contribution in [0.25, 0.3) is 44.1 Å². The summed E-state index contributed by atoms with van der Waals surface area (Å²) in [6, 6.07) is 51.9. The zero-order valence-corrected chi connectivity index (χ0v) is 34.0. The second-order valence-corrected chi connectivity index (χ2v) is 18.8. The van der Waals surface area contributed by atoms with Gasteiger partial charge in [0.15, 0.2) is 0 Å². The van der Waals surface area contributed by atoms with Gasteiger partial charge in [-0.15, -0.1) is 11.3 Å². The molecule has 2 aliphatic heterocycles. The summed E-state index contributed by atoms with van der Waals surface area (Å²) in [4.78, 5) is 9.62. The maximum absolute atomic E-state index is 5.71. The fraction of sp³-hybridized carbons (Fsp3) is 0.130. The molecule has 2 nitrogen and oxygen atoms in total. The molecule has 4 atom stereocenters. The Hall–Kier alpha value is -5.94. The van der Waals surface area contributed by atoms with Crippen molar-refractivity contribution in [1.82, 2.24) is 5.32 Å². The van der Waals surface area contributed by atoms with Gasteiger partial charge in [-0.25, -0.2) is 0 Å². The zero-order valence-electron chi connectivity index (χ0n) is 32.4. The van der Waals surface area contributed by atoms with Crippen LogP contribution in [0.15, 0.2) is 185 Å². The van der Waals surface area contributed by atoms with Gasteiger partial charge in [0.2, 0.25) is 0 Å². The molecule has 7 aromatic rings. The number of nitrogens with zero attached hydrogens (tertiary/aromatic N) is 1. The van der Waals surface area contributed by atoms with E-state index in [0.29, 0.717) is 0 Å². The van der Waals surface area contributed by atoms with Gasteiger partial charge in [0.05, 0.1) is 5.70 Å². The molecule has 5 aliphatic rings. The van der Waals surface area contributed by atoms with Crippen LogP contribution < -0.4 is 5.32 Å². The lowest BCUT2D eigenvalue weighted by atomic mass is 9.60. The number of hydrogen-bond donors (Lipinski definition) is 1. The van der Waals surface area contributed by atoms with E-state index in [2.05, 4.69) is 195 Å². The number of nitrogens with one attached hydrogen (secondary N) is 1. The Balaban J connectivity index is 1.09. The van der Waals surface area contributed by atoms with Gasteiger partial charge in [-0.1, -0.05) is 171 Å². The third-order valence-electron chi connectivity index (χ3n) is 13.3. The van der Waals surface area contributed by atoms with Crippen molar-refractivity contribution in [3.05, 3.63) is 219 Å². The number of thiophene rings is 1. The molecule has 0 bridgehead atoms. The minimum absolute atomic E-state index is 0.0779. The smallest absolute Gasteiger partial charge is 0.134 e. The first-order chi connectivity index (χ1) is 28.5. The fourth-order valence-corrected chi connectivity index (χ4v) is 12.9. The molecule has 0 saturated heterocycles. The summed E-state index contributed by atoms with van der Waals surface area (Å²) in [6.45, 7) is 4.86. The van der Waals surface area contributed by atoms with E-state index in [0.717, 1.165) is 23.5 Å². The maximum Gasteiger partial charge on any atom is 0.134 e. The van der Waals surface area contributed by atoms with Crippen LogP contribution in [-0.4, -0.2) is 5.84 Å². The van der Waals surface area contributed by atoms with E-state index in [1.54, 1.807) is 0 Å². The van der Waals surface area contributed by atoms with Crippen molar-refractivity contribution in [2.45, 2.75) is 48.0 Å². The Bertz CT molecular complexity index is 3030. The molecule has 58 heavy (non-hydrogen) atoms. The van der Waals surface area contributed by atoms with Crippen molar-refractivity contribution in [3.63, 3.8) is 0 Å². The topological polar surface area (TPSA) is 24.4 Å². The van der Waals surface area contributed by atoms with E-state index in [4.69, 9.17) is 4.99 Å². The summed E-state index contributed by atoms with van der Waals surface area (Å²) in [5.41, 5.74) is 14.9. The third kappa shape index (κ3) is 4.95. The largest absolute Gasteiger partial charge is 0.339 e. The van der Waals surface area contributed by atoms with E-state index in [1.807, 2.05) is 23.1 Å². The first-order valence-corrected chi connectivity index (χ1v) is 22.0. The number of amidine groups is 1. The van der Waals surface area contributed by atoms with E-state index >= 15 is 0 Å². The number of fused-ring (bicyclic) bond motifs is 12. The lowest BCUT2D eigenvalue weighted by Gasteiger charge is -2.43. The average Bonchev–Trinajstić information content (AvgIpc) is 3.86. The molecule has 6 aromatic carbocycles. The highest BCUT2D eigenvalue weighted by Gasteiger charge is 2.44. The van der Waals surface area contributed by atoms with Crippen LogP contribution in [0.4, 0.5) is 0 Å². The Morgan fingerprint density at radius 2 is 1.52 bits per heavy atom. The average molecular weight is 781 g/mol.